The standard InChI is InChI=1S/C19H21NO3/c1-20-19(21)15-8-6-13(7-9-15)10-14-11-16-4-3-5-17(22-2)18(16)23-12-14/h3-9,14H,10-12H2,1-2H3,(H,20,21). The minimum absolute atomic E-state index is 0.0569. The summed E-state index contributed by atoms with van der Waals surface area (Å²) in [4.78, 5) is 11.6. The van der Waals surface area contributed by atoms with E-state index in [-0.39, 0.29) is 5.91 Å². The Hall–Kier alpha value is -2.49. The van der Waals surface area contributed by atoms with E-state index in [1.807, 2.05) is 36.4 Å². The van der Waals surface area contributed by atoms with Gasteiger partial charge in [-0.1, -0.05) is 24.3 Å². The molecule has 0 radical (unpaired) electrons. The van der Waals surface area contributed by atoms with Crippen molar-refractivity contribution in [3.8, 4) is 11.5 Å². The third kappa shape index (κ3) is 3.31. The van der Waals surface area contributed by atoms with E-state index in [9.17, 15) is 4.79 Å². The van der Waals surface area contributed by atoms with E-state index in [0.717, 1.165) is 24.3 Å². The van der Waals surface area contributed by atoms with Gasteiger partial charge in [-0.25, -0.2) is 0 Å². The molecular formula is C19H21NO3. The van der Waals surface area contributed by atoms with Crippen molar-refractivity contribution >= 4 is 5.91 Å². The van der Waals surface area contributed by atoms with Crippen molar-refractivity contribution in [2.75, 3.05) is 20.8 Å². The summed E-state index contributed by atoms with van der Waals surface area (Å²) in [6.07, 6.45) is 1.91. The van der Waals surface area contributed by atoms with Crippen LogP contribution in [-0.2, 0) is 12.8 Å². The zero-order valence-corrected chi connectivity index (χ0v) is 13.5. The Labute approximate surface area is 136 Å². The predicted molar refractivity (Wildman–Crippen MR) is 89.2 cm³/mol. The van der Waals surface area contributed by atoms with Crippen molar-refractivity contribution in [2.24, 2.45) is 5.92 Å². The summed E-state index contributed by atoms with van der Waals surface area (Å²) in [7, 11) is 3.31. The highest BCUT2D eigenvalue weighted by Crippen LogP contribution is 2.36. The number of ether oxygens (including phenoxy) is 2. The summed E-state index contributed by atoms with van der Waals surface area (Å²) in [5.41, 5.74) is 3.10. The largest absolute Gasteiger partial charge is 0.493 e. The lowest BCUT2D eigenvalue weighted by atomic mass is 9.90. The van der Waals surface area contributed by atoms with Crippen LogP contribution in [0, 0.1) is 5.92 Å². The maximum absolute atomic E-state index is 11.6. The van der Waals surface area contributed by atoms with Crippen LogP contribution in [0.1, 0.15) is 21.5 Å². The molecule has 2 aromatic carbocycles. The molecule has 0 bridgehead atoms. The first-order valence-electron chi connectivity index (χ1n) is 7.81. The number of hydrogen-bond donors (Lipinski definition) is 1. The summed E-state index contributed by atoms with van der Waals surface area (Å²) >= 11 is 0. The number of benzene rings is 2. The highest BCUT2D eigenvalue weighted by atomic mass is 16.5. The second kappa shape index (κ2) is 6.73. The van der Waals surface area contributed by atoms with E-state index in [0.29, 0.717) is 18.1 Å². The van der Waals surface area contributed by atoms with Crippen LogP contribution in [0.4, 0.5) is 0 Å². The summed E-state index contributed by atoms with van der Waals surface area (Å²) in [5.74, 6) is 2.05. The van der Waals surface area contributed by atoms with Gasteiger partial charge in [0.25, 0.3) is 5.91 Å². The first-order valence-corrected chi connectivity index (χ1v) is 7.81. The normalized spacial score (nSPS) is 16.2. The SMILES string of the molecule is CNC(=O)c1ccc(CC2COc3c(cccc3OC)C2)cc1. The predicted octanol–water partition coefficient (Wildman–Crippen LogP) is 2.85. The van der Waals surface area contributed by atoms with Gasteiger partial charge in [0, 0.05) is 18.5 Å². The average Bonchev–Trinajstić information content (AvgIpc) is 2.61. The van der Waals surface area contributed by atoms with Crippen LogP contribution in [-0.4, -0.2) is 26.7 Å². The van der Waals surface area contributed by atoms with Gasteiger partial charge in [0.2, 0.25) is 0 Å². The Morgan fingerprint density at radius 1 is 1.26 bits per heavy atom. The van der Waals surface area contributed by atoms with Gasteiger partial charge in [-0.05, 0) is 42.2 Å². The molecule has 0 aliphatic carbocycles. The summed E-state index contributed by atoms with van der Waals surface area (Å²) in [6.45, 7) is 0.685. The minimum atomic E-state index is -0.0569. The number of methoxy groups -OCH3 is 1. The molecule has 4 heteroatoms. The lowest BCUT2D eigenvalue weighted by Gasteiger charge is -2.26. The molecular weight excluding hydrogens is 290 g/mol. The Bertz CT molecular complexity index is 694. The zero-order chi connectivity index (χ0) is 16.2. The van der Waals surface area contributed by atoms with Crippen LogP contribution in [0.5, 0.6) is 11.5 Å². The monoisotopic (exact) mass is 311 g/mol. The fraction of sp³-hybridized carbons (Fsp3) is 0.316. The maximum Gasteiger partial charge on any atom is 0.251 e. The number of carbonyl (C=O) groups excluding carboxylic acids is 1. The van der Waals surface area contributed by atoms with Crippen LogP contribution in [0.15, 0.2) is 42.5 Å². The third-order valence-electron chi connectivity index (χ3n) is 4.22. The lowest BCUT2D eigenvalue weighted by Crippen LogP contribution is -2.23. The van der Waals surface area contributed by atoms with Gasteiger partial charge in [-0.3, -0.25) is 4.79 Å². The van der Waals surface area contributed by atoms with Crippen molar-refractivity contribution in [3.05, 3.63) is 59.2 Å². The Balaban J connectivity index is 1.69. The van der Waals surface area contributed by atoms with E-state index in [4.69, 9.17) is 9.47 Å². The fourth-order valence-electron chi connectivity index (χ4n) is 3.02. The molecule has 1 heterocycles. The number of nitrogens with one attached hydrogen (secondary N) is 1. The number of hydrogen-bond acceptors (Lipinski definition) is 3. The summed E-state index contributed by atoms with van der Waals surface area (Å²) < 4.78 is 11.3. The second-order valence-electron chi connectivity index (χ2n) is 5.81. The zero-order valence-electron chi connectivity index (χ0n) is 13.5. The van der Waals surface area contributed by atoms with Crippen LogP contribution < -0.4 is 14.8 Å². The van der Waals surface area contributed by atoms with Crippen LogP contribution in [0.2, 0.25) is 0 Å². The van der Waals surface area contributed by atoms with Gasteiger partial charge < -0.3 is 14.8 Å². The molecule has 4 nitrogen and oxygen atoms in total. The highest BCUT2D eigenvalue weighted by Gasteiger charge is 2.22. The Morgan fingerprint density at radius 3 is 2.74 bits per heavy atom. The van der Waals surface area contributed by atoms with Crippen molar-refractivity contribution in [1.82, 2.24) is 5.32 Å². The van der Waals surface area contributed by atoms with Crippen LogP contribution >= 0.6 is 0 Å². The van der Waals surface area contributed by atoms with Crippen LogP contribution in [0.3, 0.4) is 0 Å². The maximum atomic E-state index is 11.6. The Kier molecular flexibility index (Phi) is 4.51. The molecule has 23 heavy (non-hydrogen) atoms. The van der Waals surface area contributed by atoms with E-state index >= 15 is 0 Å². The molecule has 0 aromatic heterocycles. The molecule has 1 unspecified atom stereocenters. The van der Waals surface area contributed by atoms with Gasteiger partial charge in [0.15, 0.2) is 11.5 Å². The van der Waals surface area contributed by atoms with E-state index in [1.54, 1.807) is 14.2 Å². The molecule has 1 atom stereocenters. The van der Waals surface area contributed by atoms with Crippen LogP contribution in [0.25, 0.3) is 0 Å². The fourth-order valence-corrected chi connectivity index (χ4v) is 3.02. The summed E-state index contributed by atoms with van der Waals surface area (Å²) in [5, 5.41) is 2.63. The molecule has 0 saturated carbocycles. The van der Waals surface area contributed by atoms with Gasteiger partial charge >= 0.3 is 0 Å². The topological polar surface area (TPSA) is 47.6 Å². The average molecular weight is 311 g/mol. The van der Waals surface area contributed by atoms with Gasteiger partial charge in [-0.15, -0.1) is 0 Å². The molecule has 3 rings (SSSR count). The van der Waals surface area contributed by atoms with Crippen molar-refractivity contribution in [1.29, 1.82) is 0 Å². The van der Waals surface area contributed by atoms with E-state index in [2.05, 4.69) is 11.4 Å². The number of fused-ring (bicyclic) bond motifs is 1. The van der Waals surface area contributed by atoms with E-state index < -0.39 is 0 Å². The van der Waals surface area contributed by atoms with Gasteiger partial charge in [0.1, 0.15) is 0 Å². The first-order chi connectivity index (χ1) is 11.2. The first kappa shape index (κ1) is 15.4. The van der Waals surface area contributed by atoms with Crippen molar-refractivity contribution in [3.63, 3.8) is 0 Å². The van der Waals surface area contributed by atoms with Gasteiger partial charge in [0.05, 0.1) is 13.7 Å². The van der Waals surface area contributed by atoms with Crippen molar-refractivity contribution < 1.29 is 14.3 Å². The molecule has 2 aromatic rings. The van der Waals surface area contributed by atoms with Gasteiger partial charge in [-0.2, -0.15) is 0 Å². The Morgan fingerprint density at radius 2 is 2.04 bits per heavy atom. The summed E-state index contributed by atoms with van der Waals surface area (Å²) in [6, 6.07) is 13.8. The second-order valence-corrected chi connectivity index (χ2v) is 5.81. The molecule has 1 aliphatic heterocycles. The van der Waals surface area contributed by atoms with Crippen molar-refractivity contribution in [2.45, 2.75) is 12.8 Å². The molecule has 0 fully saturated rings. The molecule has 120 valence electrons. The van der Waals surface area contributed by atoms with E-state index in [1.165, 1.54) is 11.1 Å². The smallest absolute Gasteiger partial charge is 0.251 e. The molecule has 0 saturated heterocycles. The third-order valence-corrected chi connectivity index (χ3v) is 4.22. The highest BCUT2D eigenvalue weighted by molar-refractivity contribution is 5.93. The quantitative estimate of drug-likeness (QED) is 0.944. The molecule has 1 amide bonds. The molecule has 0 spiro atoms. The number of rotatable bonds is 4. The molecule has 1 aliphatic rings. The number of para-hydroxylation sites is 1. The molecule has 1 N–H and O–H groups in total. The number of amides is 1. The lowest BCUT2D eigenvalue weighted by molar-refractivity contribution is 0.0963. The number of carbonyl (C=O) groups is 1. The minimum Gasteiger partial charge on any atom is -0.493 e.